The Kier molecular flexibility index (Phi) is 12.9. The first kappa shape index (κ1) is 38.0. The number of benzene rings is 7. The maximum Gasteiger partial charge on any atom is 0.203 e. The molecular weight excluding hydrogens is 713 g/mol. The van der Waals surface area contributed by atoms with Gasteiger partial charge >= 0.3 is 0 Å². The number of hydrogen-bond donors (Lipinski definition) is 1. The quantitative estimate of drug-likeness (QED) is 0.0690. The molecular formula is C50H42O7. The largest absolute Gasteiger partial charge is 0.507 e. The second-order valence-electron chi connectivity index (χ2n) is 13.2. The summed E-state index contributed by atoms with van der Waals surface area (Å²) in [5.74, 6) is 1.17. The summed E-state index contributed by atoms with van der Waals surface area (Å²) in [6, 6.07) is 55.6. The average Bonchev–Trinajstić information content (AvgIpc) is 3.26. The van der Waals surface area contributed by atoms with Crippen molar-refractivity contribution in [1.29, 1.82) is 0 Å². The molecule has 0 fully saturated rings. The first-order chi connectivity index (χ1) is 28.1. The Morgan fingerprint density at radius 3 is 1.23 bits per heavy atom. The Balaban J connectivity index is 1.21. The number of hydrogen-bond acceptors (Lipinski definition) is 7. The topological polar surface area (TPSA) is 83.5 Å². The summed E-state index contributed by atoms with van der Waals surface area (Å²) < 4.78 is 31.5. The molecule has 7 aromatic carbocycles. The van der Waals surface area contributed by atoms with Crippen LogP contribution >= 0.6 is 0 Å². The minimum atomic E-state index is -0.465. The Labute approximate surface area is 333 Å². The average molecular weight is 755 g/mol. The molecule has 1 N–H and O–H groups in total. The molecule has 0 aromatic heterocycles. The van der Waals surface area contributed by atoms with Gasteiger partial charge in [0.25, 0.3) is 0 Å². The van der Waals surface area contributed by atoms with E-state index < -0.39 is 5.78 Å². The van der Waals surface area contributed by atoms with Crippen molar-refractivity contribution in [2.45, 2.75) is 33.0 Å². The van der Waals surface area contributed by atoms with E-state index in [0.29, 0.717) is 28.6 Å². The molecule has 0 saturated carbocycles. The smallest absolute Gasteiger partial charge is 0.203 e. The van der Waals surface area contributed by atoms with Crippen LogP contribution in [0.25, 0.3) is 6.08 Å². The van der Waals surface area contributed by atoms with Crippen LogP contribution in [-0.4, -0.2) is 10.9 Å². The lowest BCUT2D eigenvalue weighted by Crippen LogP contribution is -2.05. The molecule has 0 aliphatic rings. The maximum absolute atomic E-state index is 14.0. The minimum absolute atomic E-state index is 0.0122. The maximum atomic E-state index is 14.0. The number of phenolic OH excluding ortho intramolecular Hbond substituents is 1. The summed E-state index contributed by atoms with van der Waals surface area (Å²) in [6.07, 6.45) is 3.06. The molecule has 7 heteroatoms. The van der Waals surface area contributed by atoms with Gasteiger partial charge in [0.15, 0.2) is 17.3 Å². The van der Waals surface area contributed by atoms with Crippen molar-refractivity contribution >= 4 is 11.9 Å². The third-order valence-corrected chi connectivity index (χ3v) is 8.96. The predicted octanol–water partition coefficient (Wildman–Crippen LogP) is 11.2. The van der Waals surface area contributed by atoms with Crippen molar-refractivity contribution in [2.75, 3.05) is 0 Å². The zero-order valence-corrected chi connectivity index (χ0v) is 31.3. The van der Waals surface area contributed by atoms with E-state index in [1.807, 2.05) is 164 Å². The molecule has 0 unspecified atom stereocenters. The molecule has 0 aliphatic carbocycles. The van der Waals surface area contributed by atoms with Crippen LogP contribution in [-0.2, 0) is 33.0 Å². The van der Waals surface area contributed by atoms with E-state index in [0.717, 1.165) is 27.8 Å². The van der Waals surface area contributed by atoms with Crippen molar-refractivity contribution in [2.24, 2.45) is 0 Å². The number of phenols is 1. The first-order valence-electron chi connectivity index (χ1n) is 18.7. The highest BCUT2D eigenvalue weighted by atomic mass is 16.5. The van der Waals surface area contributed by atoms with Gasteiger partial charge in [-0.2, -0.15) is 0 Å². The molecule has 0 atom stereocenters. The van der Waals surface area contributed by atoms with E-state index >= 15 is 0 Å². The molecule has 0 amide bonds. The van der Waals surface area contributed by atoms with Crippen LogP contribution in [0.2, 0.25) is 0 Å². The van der Waals surface area contributed by atoms with Gasteiger partial charge in [-0.15, -0.1) is 0 Å². The zero-order valence-electron chi connectivity index (χ0n) is 31.3. The number of allylic oxidation sites excluding steroid dienone is 1. The molecule has 7 aromatic rings. The molecule has 0 saturated heterocycles. The summed E-state index contributed by atoms with van der Waals surface area (Å²) in [7, 11) is 0. The number of ketones is 1. The fraction of sp³-hybridized carbons (Fsp3) is 0.100. The summed E-state index contributed by atoms with van der Waals surface area (Å²) >= 11 is 0. The Morgan fingerprint density at radius 2 is 0.807 bits per heavy atom. The van der Waals surface area contributed by atoms with Crippen LogP contribution < -0.4 is 23.7 Å². The van der Waals surface area contributed by atoms with Crippen LogP contribution in [0.5, 0.6) is 34.5 Å². The van der Waals surface area contributed by atoms with E-state index in [2.05, 4.69) is 0 Å². The number of aromatic hydroxyl groups is 1. The van der Waals surface area contributed by atoms with E-state index in [-0.39, 0.29) is 50.1 Å². The van der Waals surface area contributed by atoms with Crippen molar-refractivity contribution in [3.05, 3.63) is 221 Å². The number of rotatable bonds is 18. The van der Waals surface area contributed by atoms with E-state index in [9.17, 15) is 9.90 Å². The Bertz CT molecular complexity index is 2300. The van der Waals surface area contributed by atoms with Crippen LogP contribution in [0, 0.1) is 0 Å². The normalized spacial score (nSPS) is 10.9. The van der Waals surface area contributed by atoms with E-state index in [1.165, 1.54) is 12.1 Å². The lowest BCUT2D eigenvalue weighted by atomic mass is 10.1. The Hall–Kier alpha value is -7.25. The van der Waals surface area contributed by atoms with Gasteiger partial charge in [-0.25, -0.2) is 0 Å². The van der Waals surface area contributed by atoms with Gasteiger partial charge in [0.1, 0.15) is 55.8 Å². The van der Waals surface area contributed by atoms with Gasteiger partial charge in [0, 0.05) is 12.1 Å². The zero-order chi connectivity index (χ0) is 39.1. The Morgan fingerprint density at radius 1 is 0.439 bits per heavy atom. The third-order valence-electron chi connectivity index (χ3n) is 8.96. The highest BCUT2D eigenvalue weighted by Crippen LogP contribution is 2.41. The van der Waals surface area contributed by atoms with Crippen LogP contribution in [0.4, 0.5) is 0 Å². The monoisotopic (exact) mass is 754 g/mol. The number of carbonyl (C=O) groups excluding carboxylic acids is 1. The summed E-state index contributed by atoms with van der Waals surface area (Å²) in [6.45, 7) is 1.30. The SMILES string of the molecule is O=C(/C=C/c1cc(OCc2ccccc2)c(OCc2ccccc2)c(OCc2ccccc2)c1)c1c(O)cc(OCc2ccccc2)cc1OCc1ccccc1. The van der Waals surface area contributed by atoms with Crippen molar-refractivity contribution < 1.29 is 33.6 Å². The van der Waals surface area contributed by atoms with Crippen LogP contribution in [0.1, 0.15) is 43.7 Å². The summed E-state index contributed by atoms with van der Waals surface area (Å²) in [4.78, 5) is 14.0. The van der Waals surface area contributed by atoms with Crippen LogP contribution in [0.3, 0.4) is 0 Å². The standard InChI is InChI=1S/C50H42O7/c51-44(49-45(52)30-43(53-32-37-16-6-1-7-17-37)31-46(49)54-33-38-18-8-2-9-19-38)27-26-42-28-47(55-34-39-20-10-3-11-21-39)50(57-36-41-24-14-5-15-25-41)48(29-42)56-35-40-22-12-4-13-23-40/h1-31,52H,32-36H2/b27-26+. The molecule has 0 spiro atoms. The van der Waals surface area contributed by atoms with E-state index in [4.69, 9.17) is 23.7 Å². The van der Waals surface area contributed by atoms with E-state index in [1.54, 1.807) is 12.1 Å². The third kappa shape index (κ3) is 10.9. The molecule has 0 radical (unpaired) electrons. The lowest BCUT2D eigenvalue weighted by Gasteiger charge is -2.18. The second kappa shape index (κ2) is 19.4. The van der Waals surface area contributed by atoms with Gasteiger partial charge in [-0.1, -0.05) is 158 Å². The molecule has 0 bridgehead atoms. The molecule has 0 aliphatic heterocycles. The van der Waals surface area contributed by atoms with Gasteiger partial charge in [0.2, 0.25) is 5.75 Å². The fourth-order valence-corrected chi connectivity index (χ4v) is 6.00. The highest BCUT2D eigenvalue weighted by molar-refractivity contribution is 6.10. The van der Waals surface area contributed by atoms with Gasteiger partial charge in [-0.05, 0) is 51.6 Å². The molecule has 57 heavy (non-hydrogen) atoms. The van der Waals surface area contributed by atoms with Gasteiger partial charge in [-0.3, -0.25) is 4.79 Å². The van der Waals surface area contributed by atoms with Gasteiger partial charge in [0.05, 0.1) is 0 Å². The van der Waals surface area contributed by atoms with Crippen LogP contribution in [0.15, 0.2) is 182 Å². The fourth-order valence-electron chi connectivity index (χ4n) is 6.00. The minimum Gasteiger partial charge on any atom is -0.507 e. The van der Waals surface area contributed by atoms with Crippen molar-refractivity contribution in [3.8, 4) is 34.5 Å². The first-order valence-corrected chi connectivity index (χ1v) is 18.7. The van der Waals surface area contributed by atoms with Crippen molar-refractivity contribution in [1.82, 2.24) is 0 Å². The lowest BCUT2D eigenvalue weighted by molar-refractivity contribution is 0.104. The summed E-state index contributed by atoms with van der Waals surface area (Å²) in [5, 5.41) is 11.3. The van der Waals surface area contributed by atoms with Gasteiger partial charge < -0.3 is 28.8 Å². The number of ether oxygens (including phenoxy) is 5. The highest BCUT2D eigenvalue weighted by Gasteiger charge is 2.20. The second-order valence-corrected chi connectivity index (χ2v) is 13.2. The predicted molar refractivity (Wildman–Crippen MR) is 222 cm³/mol. The summed E-state index contributed by atoms with van der Waals surface area (Å²) in [5.41, 5.74) is 5.43. The molecule has 0 heterocycles. The molecule has 7 rings (SSSR count). The van der Waals surface area contributed by atoms with Crippen molar-refractivity contribution in [3.63, 3.8) is 0 Å². The number of carbonyl (C=O) groups is 1. The molecule has 7 nitrogen and oxygen atoms in total. The molecule has 284 valence electrons.